The molecule has 2 aliphatic rings. The van der Waals surface area contributed by atoms with Crippen LogP contribution in [0.5, 0.6) is 0 Å². The van der Waals surface area contributed by atoms with E-state index in [1.54, 1.807) is 6.33 Å². The molecule has 23 heavy (non-hydrogen) atoms. The third-order valence-electron chi connectivity index (χ3n) is 5.17. The van der Waals surface area contributed by atoms with Crippen molar-refractivity contribution in [1.82, 2.24) is 24.6 Å². The summed E-state index contributed by atoms with van der Waals surface area (Å²) in [6, 6.07) is 2.15. The Morgan fingerprint density at radius 3 is 2.91 bits per heavy atom. The van der Waals surface area contributed by atoms with Crippen molar-refractivity contribution in [2.75, 3.05) is 31.6 Å². The molecular weight excluding hydrogens is 288 g/mol. The van der Waals surface area contributed by atoms with Crippen molar-refractivity contribution in [3.8, 4) is 0 Å². The molecule has 6 nitrogen and oxygen atoms in total. The smallest absolute Gasteiger partial charge is 0.136 e. The molecule has 0 aliphatic carbocycles. The van der Waals surface area contributed by atoms with Gasteiger partial charge in [0.15, 0.2) is 0 Å². The van der Waals surface area contributed by atoms with Crippen LogP contribution in [0.25, 0.3) is 0 Å². The standard InChI is InChI=1S/C17H24N6/c1-21-9-6-15-14(11-21)17(19-12-18-15)23-8-3-4-13(10-23)16-5-7-20-22(16)2/h5,7,12-13H,3-4,6,8-11H2,1-2H3. The van der Waals surface area contributed by atoms with Crippen LogP contribution in [0.2, 0.25) is 0 Å². The molecule has 4 rings (SSSR count). The first-order chi connectivity index (χ1) is 11.2. The first kappa shape index (κ1) is 14.6. The Labute approximate surface area is 137 Å². The maximum Gasteiger partial charge on any atom is 0.136 e. The lowest BCUT2D eigenvalue weighted by atomic mass is 9.94. The zero-order valence-corrected chi connectivity index (χ0v) is 13.9. The van der Waals surface area contributed by atoms with Crippen LogP contribution >= 0.6 is 0 Å². The van der Waals surface area contributed by atoms with E-state index in [0.29, 0.717) is 5.92 Å². The second-order valence-corrected chi connectivity index (χ2v) is 6.78. The van der Waals surface area contributed by atoms with Crippen molar-refractivity contribution in [3.63, 3.8) is 0 Å². The van der Waals surface area contributed by atoms with Crippen molar-refractivity contribution in [2.45, 2.75) is 31.7 Å². The predicted octanol–water partition coefficient (Wildman–Crippen LogP) is 1.58. The van der Waals surface area contributed by atoms with Gasteiger partial charge in [-0.1, -0.05) is 0 Å². The molecule has 0 amide bonds. The van der Waals surface area contributed by atoms with Crippen LogP contribution in [0.1, 0.15) is 35.7 Å². The maximum absolute atomic E-state index is 4.65. The van der Waals surface area contributed by atoms with E-state index in [-0.39, 0.29) is 0 Å². The van der Waals surface area contributed by atoms with Crippen LogP contribution in [0.15, 0.2) is 18.6 Å². The molecule has 0 saturated carbocycles. The highest BCUT2D eigenvalue weighted by molar-refractivity contribution is 5.50. The maximum atomic E-state index is 4.65. The fourth-order valence-electron chi connectivity index (χ4n) is 3.93. The van der Waals surface area contributed by atoms with E-state index in [1.807, 2.05) is 17.9 Å². The average molecular weight is 312 g/mol. The largest absolute Gasteiger partial charge is 0.356 e. The zero-order valence-electron chi connectivity index (χ0n) is 13.9. The highest BCUT2D eigenvalue weighted by Gasteiger charge is 2.28. The van der Waals surface area contributed by atoms with Gasteiger partial charge in [-0.15, -0.1) is 0 Å². The monoisotopic (exact) mass is 312 g/mol. The van der Waals surface area contributed by atoms with Gasteiger partial charge in [0, 0.05) is 63.0 Å². The summed E-state index contributed by atoms with van der Waals surface area (Å²) < 4.78 is 2.01. The van der Waals surface area contributed by atoms with Crippen LogP contribution in [0.4, 0.5) is 5.82 Å². The van der Waals surface area contributed by atoms with Gasteiger partial charge in [-0.2, -0.15) is 5.10 Å². The average Bonchev–Trinajstić information content (AvgIpc) is 3.00. The van der Waals surface area contributed by atoms with E-state index < -0.39 is 0 Å². The van der Waals surface area contributed by atoms with E-state index in [0.717, 1.165) is 38.4 Å². The molecule has 2 aliphatic heterocycles. The molecule has 6 heteroatoms. The first-order valence-corrected chi connectivity index (χ1v) is 8.46. The Balaban J connectivity index is 1.62. The van der Waals surface area contributed by atoms with Gasteiger partial charge in [-0.25, -0.2) is 9.97 Å². The molecule has 1 unspecified atom stereocenters. The van der Waals surface area contributed by atoms with Crippen LogP contribution in [0.3, 0.4) is 0 Å². The number of hydrogen-bond donors (Lipinski definition) is 0. The molecule has 0 spiro atoms. The van der Waals surface area contributed by atoms with Crippen molar-refractivity contribution in [2.24, 2.45) is 7.05 Å². The molecule has 4 heterocycles. The van der Waals surface area contributed by atoms with Crippen molar-refractivity contribution in [1.29, 1.82) is 0 Å². The van der Waals surface area contributed by atoms with Crippen LogP contribution in [-0.2, 0) is 20.0 Å². The van der Waals surface area contributed by atoms with Gasteiger partial charge >= 0.3 is 0 Å². The van der Waals surface area contributed by atoms with Crippen LogP contribution in [-0.4, -0.2) is 51.3 Å². The van der Waals surface area contributed by atoms with Crippen molar-refractivity contribution in [3.05, 3.63) is 35.5 Å². The summed E-state index contributed by atoms with van der Waals surface area (Å²) in [5, 5.41) is 4.34. The quantitative estimate of drug-likeness (QED) is 0.843. The predicted molar refractivity (Wildman–Crippen MR) is 89.5 cm³/mol. The summed E-state index contributed by atoms with van der Waals surface area (Å²) in [5.41, 5.74) is 3.89. The second-order valence-electron chi connectivity index (χ2n) is 6.78. The normalized spacial score (nSPS) is 22.2. The lowest BCUT2D eigenvalue weighted by Crippen LogP contribution is -2.38. The van der Waals surface area contributed by atoms with Gasteiger partial charge in [-0.3, -0.25) is 4.68 Å². The third kappa shape index (κ3) is 2.72. The topological polar surface area (TPSA) is 50.1 Å². The molecule has 122 valence electrons. The number of piperidine rings is 1. The van der Waals surface area contributed by atoms with E-state index in [2.05, 4.69) is 38.0 Å². The fourth-order valence-corrected chi connectivity index (χ4v) is 3.93. The highest BCUT2D eigenvalue weighted by atomic mass is 15.3. The summed E-state index contributed by atoms with van der Waals surface area (Å²) in [7, 11) is 4.21. The van der Waals surface area contributed by atoms with Crippen LogP contribution < -0.4 is 4.90 Å². The third-order valence-corrected chi connectivity index (χ3v) is 5.17. The van der Waals surface area contributed by atoms with E-state index in [1.165, 1.54) is 29.8 Å². The molecular formula is C17H24N6. The molecule has 1 atom stereocenters. The lowest BCUT2D eigenvalue weighted by Gasteiger charge is -2.36. The highest BCUT2D eigenvalue weighted by Crippen LogP contribution is 2.32. The summed E-state index contributed by atoms with van der Waals surface area (Å²) in [4.78, 5) is 14.0. The van der Waals surface area contributed by atoms with Gasteiger partial charge in [0.2, 0.25) is 0 Å². The number of aromatic nitrogens is 4. The Kier molecular flexibility index (Phi) is 3.77. The van der Waals surface area contributed by atoms with Crippen molar-refractivity contribution >= 4 is 5.82 Å². The number of anilines is 1. The molecule has 0 N–H and O–H groups in total. The molecule has 0 aromatic carbocycles. The zero-order chi connectivity index (χ0) is 15.8. The minimum Gasteiger partial charge on any atom is -0.356 e. The van der Waals surface area contributed by atoms with Crippen LogP contribution in [0, 0.1) is 0 Å². The number of nitrogens with zero attached hydrogens (tertiary/aromatic N) is 6. The van der Waals surface area contributed by atoms with Crippen molar-refractivity contribution < 1.29 is 0 Å². The molecule has 2 aromatic rings. The van der Waals surface area contributed by atoms with Gasteiger partial charge in [0.1, 0.15) is 12.1 Å². The second kappa shape index (κ2) is 5.92. The number of rotatable bonds is 2. The van der Waals surface area contributed by atoms with Gasteiger partial charge in [0.05, 0.1) is 5.69 Å². The molecule has 1 fully saturated rings. The summed E-state index contributed by atoms with van der Waals surface area (Å²) in [5.74, 6) is 1.68. The molecule has 2 aromatic heterocycles. The van der Waals surface area contributed by atoms with Gasteiger partial charge in [-0.05, 0) is 26.0 Å². The summed E-state index contributed by atoms with van der Waals surface area (Å²) >= 11 is 0. The van der Waals surface area contributed by atoms with E-state index >= 15 is 0 Å². The van der Waals surface area contributed by atoms with E-state index in [4.69, 9.17) is 0 Å². The van der Waals surface area contributed by atoms with E-state index in [9.17, 15) is 0 Å². The Morgan fingerprint density at radius 1 is 1.17 bits per heavy atom. The molecule has 1 saturated heterocycles. The fraction of sp³-hybridized carbons (Fsp3) is 0.588. The Hall–Kier alpha value is -1.95. The molecule has 0 bridgehead atoms. The minimum absolute atomic E-state index is 0.531. The summed E-state index contributed by atoms with van der Waals surface area (Å²) in [6.07, 6.45) is 7.09. The number of fused-ring (bicyclic) bond motifs is 1. The Morgan fingerprint density at radius 2 is 2.09 bits per heavy atom. The molecule has 0 radical (unpaired) electrons. The lowest BCUT2D eigenvalue weighted by molar-refractivity contribution is 0.308. The Bertz CT molecular complexity index is 694. The van der Waals surface area contributed by atoms with Gasteiger partial charge in [0.25, 0.3) is 0 Å². The van der Waals surface area contributed by atoms with Gasteiger partial charge < -0.3 is 9.80 Å². The summed E-state index contributed by atoms with van der Waals surface area (Å²) in [6.45, 7) is 4.15. The minimum atomic E-state index is 0.531. The number of likely N-dealkylation sites (N-methyl/N-ethyl adjacent to an activating group) is 1. The SMILES string of the molecule is CN1CCc2ncnc(N3CCCC(c4ccnn4C)C3)c2C1. The number of aryl methyl sites for hydroxylation is 1. The number of hydrogen-bond acceptors (Lipinski definition) is 5. The first-order valence-electron chi connectivity index (χ1n) is 8.46.